The number of guanidine groups is 1. The van der Waals surface area contributed by atoms with E-state index < -0.39 is 0 Å². The van der Waals surface area contributed by atoms with Gasteiger partial charge in [-0.25, -0.2) is 0 Å². The van der Waals surface area contributed by atoms with E-state index in [0.717, 1.165) is 37.5 Å². The van der Waals surface area contributed by atoms with Crippen LogP contribution in [-0.2, 0) is 4.74 Å². The Kier molecular flexibility index (Phi) is 7.42. The van der Waals surface area contributed by atoms with Gasteiger partial charge in [0.25, 0.3) is 0 Å². The summed E-state index contributed by atoms with van der Waals surface area (Å²) in [4.78, 5) is 4.18. The Balaban J connectivity index is 2.06. The van der Waals surface area contributed by atoms with Gasteiger partial charge in [0.15, 0.2) is 5.96 Å². The Morgan fingerprint density at radius 1 is 1.50 bits per heavy atom. The van der Waals surface area contributed by atoms with Crippen LogP contribution in [-0.4, -0.2) is 50.3 Å². The molecule has 1 aliphatic heterocycles. The Morgan fingerprint density at radius 2 is 2.38 bits per heavy atom. The molecule has 1 saturated heterocycles. The fourth-order valence-corrected chi connectivity index (χ4v) is 2.82. The van der Waals surface area contributed by atoms with Gasteiger partial charge in [-0.05, 0) is 25.5 Å². The topological polar surface area (TPSA) is 45.6 Å². The first-order valence-electron chi connectivity index (χ1n) is 6.00. The largest absolute Gasteiger partial charge is 0.380 e. The second kappa shape index (κ2) is 8.70. The maximum atomic E-state index is 5.26. The molecule has 0 aromatic heterocycles. The number of rotatable bonds is 6. The molecule has 1 heterocycles. The summed E-state index contributed by atoms with van der Waals surface area (Å²) in [5.41, 5.74) is 0. The second-order valence-corrected chi connectivity index (χ2v) is 5.12. The molecule has 0 aliphatic carbocycles. The van der Waals surface area contributed by atoms with Crippen LogP contribution in [0.2, 0.25) is 0 Å². The van der Waals surface area contributed by atoms with E-state index in [1.165, 1.54) is 18.6 Å². The van der Waals surface area contributed by atoms with E-state index in [1.807, 2.05) is 6.92 Å². The summed E-state index contributed by atoms with van der Waals surface area (Å²) in [5, 5.41) is 7.34. The van der Waals surface area contributed by atoms with Crippen LogP contribution in [0.15, 0.2) is 4.99 Å². The van der Waals surface area contributed by atoms with Crippen LogP contribution in [0.25, 0.3) is 0 Å². The average Bonchev–Trinajstić information content (AvgIpc) is 2.81. The van der Waals surface area contributed by atoms with E-state index in [4.69, 9.17) is 4.74 Å². The van der Waals surface area contributed by atoms with Crippen molar-refractivity contribution in [3.05, 3.63) is 0 Å². The van der Waals surface area contributed by atoms with E-state index in [2.05, 4.69) is 27.4 Å². The first kappa shape index (κ1) is 13.6. The second-order valence-electron chi connectivity index (χ2n) is 3.71. The molecule has 94 valence electrons. The Bertz CT molecular complexity index is 205. The minimum Gasteiger partial charge on any atom is -0.380 e. The van der Waals surface area contributed by atoms with Gasteiger partial charge in [-0.3, -0.25) is 4.99 Å². The van der Waals surface area contributed by atoms with Crippen molar-refractivity contribution in [2.24, 2.45) is 4.99 Å². The lowest BCUT2D eigenvalue weighted by atomic mass is 10.2. The molecule has 0 aromatic carbocycles. The number of hydrogen-bond acceptors (Lipinski definition) is 3. The van der Waals surface area contributed by atoms with E-state index in [9.17, 15) is 0 Å². The standard InChI is InChI=1S/C11H23N3OS/c1-3-15-7-6-13-11(12-2)14-9-10-5-4-8-16-10/h10H,3-9H2,1-2H3,(H2,12,13,14). The number of nitrogens with zero attached hydrogens (tertiary/aromatic N) is 1. The lowest BCUT2D eigenvalue weighted by Gasteiger charge is -2.14. The van der Waals surface area contributed by atoms with E-state index in [1.54, 1.807) is 7.05 Å². The van der Waals surface area contributed by atoms with Gasteiger partial charge in [0.05, 0.1) is 6.61 Å². The first-order chi connectivity index (χ1) is 7.86. The molecular formula is C11H23N3OS. The highest BCUT2D eigenvalue weighted by Crippen LogP contribution is 2.25. The van der Waals surface area contributed by atoms with Crippen molar-refractivity contribution in [3.63, 3.8) is 0 Å². The molecule has 1 aliphatic rings. The quantitative estimate of drug-likeness (QED) is 0.418. The average molecular weight is 245 g/mol. The lowest BCUT2D eigenvalue weighted by Crippen LogP contribution is -2.41. The van der Waals surface area contributed by atoms with Crippen molar-refractivity contribution in [1.29, 1.82) is 0 Å². The molecule has 1 unspecified atom stereocenters. The van der Waals surface area contributed by atoms with Crippen LogP contribution < -0.4 is 10.6 Å². The van der Waals surface area contributed by atoms with Gasteiger partial charge in [-0.15, -0.1) is 0 Å². The van der Waals surface area contributed by atoms with Crippen molar-refractivity contribution in [2.75, 3.05) is 39.1 Å². The zero-order chi connectivity index (χ0) is 11.6. The van der Waals surface area contributed by atoms with Crippen LogP contribution in [0.4, 0.5) is 0 Å². The fraction of sp³-hybridized carbons (Fsp3) is 0.909. The molecule has 0 spiro atoms. The van der Waals surface area contributed by atoms with Crippen LogP contribution in [0, 0.1) is 0 Å². The van der Waals surface area contributed by atoms with Gasteiger partial charge in [0, 0.05) is 32.0 Å². The molecule has 0 saturated carbocycles. The maximum Gasteiger partial charge on any atom is 0.191 e. The monoisotopic (exact) mass is 245 g/mol. The van der Waals surface area contributed by atoms with Crippen molar-refractivity contribution in [2.45, 2.75) is 25.0 Å². The summed E-state index contributed by atoms with van der Waals surface area (Å²) in [6.07, 6.45) is 2.68. The van der Waals surface area contributed by atoms with E-state index >= 15 is 0 Å². The summed E-state index contributed by atoms with van der Waals surface area (Å²) in [6, 6.07) is 0. The minimum absolute atomic E-state index is 0.732. The summed E-state index contributed by atoms with van der Waals surface area (Å²) >= 11 is 2.06. The third kappa shape index (κ3) is 5.61. The highest BCUT2D eigenvalue weighted by molar-refractivity contribution is 8.00. The van der Waals surface area contributed by atoms with Crippen molar-refractivity contribution in [1.82, 2.24) is 10.6 Å². The summed E-state index contributed by atoms with van der Waals surface area (Å²) in [6.45, 7) is 5.33. The van der Waals surface area contributed by atoms with Crippen LogP contribution in [0.5, 0.6) is 0 Å². The Labute approximate surface area is 103 Å². The highest BCUT2D eigenvalue weighted by Gasteiger charge is 2.15. The summed E-state index contributed by atoms with van der Waals surface area (Å²) in [5.74, 6) is 2.19. The molecule has 5 heteroatoms. The zero-order valence-electron chi connectivity index (χ0n) is 10.3. The molecule has 4 nitrogen and oxygen atoms in total. The zero-order valence-corrected chi connectivity index (χ0v) is 11.1. The number of aliphatic imine (C=N–C) groups is 1. The third-order valence-corrected chi connectivity index (χ3v) is 3.89. The first-order valence-corrected chi connectivity index (χ1v) is 7.05. The molecule has 0 aromatic rings. The van der Waals surface area contributed by atoms with E-state index in [-0.39, 0.29) is 0 Å². The molecule has 1 rings (SSSR count). The number of nitrogens with one attached hydrogen (secondary N) is 2. The number of ether oxygens (including phenoxy) is 1. The summed E-state index contributed by atoms with van der Waals surface area (Å²) < 4.78 is 5.26. The van der Waals surface area contributed by atoms with E-state index in [0.29, 0.717) is 0 Å². The molecule has 0 bridgehead atoms. The molecule has 0 radical (unpaired) electrons. The van der Waals surface area contributed by atoms with Crippen LogP contribution in [0.3, 0.4) is 0 Å². The van der Waals surface area contributed by atoms with Gasteiger partial charge in [-0.2, -0.15) is 11.8 Å². The van der Waals surface area contributed by atoms with Crippen LogP contribution >= 0.6 is 11.8 Å². The van der Waals surface area contributed by atoms with Gasteiger partial charge in [0.2, 0.25) is 0 Å². The minimum atomic E-state index is 0.732. The van der Waals surface area contributed by atoms with Gasteiger partial charge < -0.3 is 15.4 Å². The smallest absolute Gasteiger partial charge is 0.191 e. The predicted octanol–water partition coefficient (Wildman–Crippen LogP) is 1.08. The fourth-order valence-electron chi connectivity index (χ4n) is 1.62. The Hall–Kier alpha value is -0.420. The maximum absolute atomic E-state index is 5.26. The molecule has 2 N–H and O–H groups in total. The normalized spacial score (nSPS) is 21.1. The predicted molar refractivity (Wildman–Crippen MR) is 71.3 cm³/mol. The third-order valence-electron chi connectivity index (χ3n) is 2.49. The molecule has 0 amide bonds. The molecule has 1 atom stereocenters. The highest BCUT2D eigenvalue weighted by atomic mass is 32.2. The van der Waals surface area contributed by atoms with Gasteiger partial charge in [-0.1, -0.05) is 0 Å². The van der Waals surface area contributed by atoms with Crippen molar-refractivity contribution in [3.8, 4) is 0 Å². The van der Waals surface area contributed by atoms with Crippen molar-refractivity contribution >= 4 is 17.7 Å². The number of hydrogen-bond donors (Lipinski definition) is 2. The number of thioether (sulfide) groups is 1. The SMILES string of the molecule is CCOCCNC(=NC)NCC1CCCS1. The molecule has 1 fully saturated rings. The summed E-state index contributed by atoms with van der Waals surface area (Å²) in [7, 11) is 1.80. The van der Waals surface area contributed by atoms with Gasteiger partial charge in [0.1, 0.15) is 0 Å². The van der Waals surface area contributed by atoms with Crippen LogP contribution in [0.1, 0.15) is 19.8 Å². The molecule has 16 heavy (non-hydrogen) atoms. The van der Waals surface area contributed by atoms with Gasteiger partial charge >= 0.3 is 0 Å². The Morgan fingerprint density at radius 3 is 3.00 bits per heavy atom. The molecular weight excluding hydrogens is 222 g/mol. The van der Waals surface area contributed by atoms with Crippen molar-refractivity contribution < 1.29 is 4.74 Å². The lowest BCUT2D eigenvalue weighted by molar-refractivity contribution is 0.152.